The predicted molar refractivity (Wildman–Crippen MR) is 87.3 cm³/mol. The molecule has 0 atom stereocenters. The SMILES string of the molecule is Cn1cnc2cc(C(=O)NCC(C)(C)N3CCOCC3)cnc21. The van der Waals surface area contributed by atoms with E-state index in [4.69, 9.17) is 4.74 Å². The van der Waals surface area contributed by atoms with Crippen molar-refractivity contribution in [1.82, 2.24) is 24.8 Å². The fourth-order valence-corrected chi connectivity index (χ4v) is 2.82. The van der Waals surface area contributed by atoms with Gasteiger partial charge in [-0.05, 0) is 19.9 Å². The van der Waals surface area contributed by atoms with Gasteiger partial charge in [0.05, 0.1) is 25.1 Å². The van der Waals surface area contributed by atoms with Gasteiger partial charge in [0.1, 0.15) is 5.52 Å². The quantitative estimate of drug-likeness (QED) is 0.903. The standard InChI is InChI=1S/C16H23N5O2/c1-16(2,21-4-6-23-7-5-21)10-18-15(22)12-8-13-14(17-9-12)20(3)11-19-13/h8-9,11H,4-7,10H2,1-3H3,(H,18,22). The molecular weight excluding hydrogens is 294 g/mol. The minimum atomic E-state index is -0.119. The second-order valence-electron chi connectivity index (χ2n) is 6.52. The number of morpholine rings is 1. The number of aromatic nitrogens is 3. The van der Waals surface area contributed by atoms with E-state index in [0.717, 1.165) is 37.5 Å². The number of hydrogen-bond acceptors (Lipinski definition) is 5. The van der Waals surface area contributed by atoms with Crippen molar-refractivity contribution >= 4 is 17.1 Å². The summed E-state index contributed by atoms with van der Waals surface area (Å²) in [6, 6.07) is 1.78. The Hall–Kier alpha value is -1.99. The highest BCUT2D eigenvalue weighted by Crippen LogP contribution is 2.16. The van der Waals surface area contributed by atoms with E-state index < -0.39 is 0 Å². The molecule has 7 heteroatoms. The number of fused-ring (bicyclic) bond motifs is 1. The molecule has 1 amide bonds. The summed E-state index contributed by atoms with van der Waals surface area (Å²) >= 11 is 0. The van der Waals surface area contributed by atoms with Gasteiger partial charge in [0.25, 0.3) is 5.91 Å². The molecule has 0 aliphatic carbocycles. The molecule has 2 aromatic heterocycles. The van der Waals surface area contributed by atoms with Crippen LogP contribution in [0.1, 0.15) is 24.2 Å². The summed E-state index contributed by atoms with van der Waals surface area (Å²) in [6.45, 7) is 8.13. The topological polar surface area (TPSA) is 72.3 Å². The van der Waals surface area contributed by atoms with Gasteiger partial charge in [0.15, 0.2) is 5.65 Å². The summed E-state index contributed by atoms with van der Waals surface area (Å²) in [7, 11) is 1.88. The Morgan fingerprint density at radius 1 is 1.35 bits per heavy atom. The number of amides is 1. The van der Waals surface area contributed by atoms with Crippen LogP contribution in [0.5, 0.6) is 0 Å². The van der Waals surface area contributed by atoms with Gasteiger partial charge >= 0.3 is 0 Å². The molecule has 0 radical (unpaired) electrons. The second kappa shape index (κ2) is 6.25. The van der Waals surface area contributed by atoms with Gasteiger partial charge in [-0.25, -0.2) is 9.97 Å². The van der Waals surface area contributed by atoms with Crippen molar-refractivity contribution in [2.24, 2.45) is 7.05 Å². The van der Waals surface area contributed by atoms with Crippen molar-refractivity contribution in [2.45, 2.75) is 19.4 Å². The Labute approximate surface area is 135 Å². The summed E-state index contributed by atoms with van der Waals surface area (Å²) in [5.41, 5.74) is 1.93. The van der Waals surface area contributed by atoms with E-state index in [1.54, 1.807) is 18.6 Å². The summed E-state index contributed by atoms with van der Waals surface area (Å²) in [6.07, 6.45) is 3.29. The number of ether oxygens (including phenoxy) is 1. The molecule has 3 heterocycles. The van der Waals surface area contributed by atoms with E-state index in [-0.39, 0.29) is 11.4 Å². The van der Waals surface area contributed by atoms with Crippen LogP contribution in [0, 0.1) is 0 Å². The zero-order chi connectivity index (χ0) is 16.4. The largest absolute Gasteiger partial charge is 0.379 e. The number of hydrogen-bond donors (Lipinski definition) is 1. The molecule has 23 heavy (non-hydrogen) atoms. The first-order valence-electron chi connectivity index (χ1n) is 7.85. The van der Waals surface area contributed by atoms with E-state index >= 15 is 0 Å². The van der Waals surface area contributed by atoms with Gasteiger partial charge in [-0.15, -0.1) is 0 Å². The Morgan fingerprint density at radius 2 is 2.09 bits per heavy atom. The molecule has 1 aliphatic heterocycles. The Bertz CT molecular complexity index is 704. The maximum atomic E-state index is 12.4. The zero-order valence-electron chi connectivity index (χ0n) is 13.9. The summed E-state index contributed by atoms with van der Waals surface area (Å²) in [5, 5.41) is 3.01. The lowest BCUT2D eigenvalue weighted by Gasteiger charge is -2.40. The van der Waals surface area contributed by atoms with Crippen molar-refractivity contribution in [3.63, 3.8) is 0 Å². The fourth-order valence-electron chi connectivity index (χ4n) is 2.82. The average molecular weight is 317 g/mol. The molecule has 0 saturated carbocycles. The normalized spacial score (nSPS) is 16.7. The Kier molecular flexibility index (Phi) is 4.32. The molecule has 1 fully saturated rings. The Balaban J connectivity index is 1.65. The van der Waals surface area contributed by atoms with E-state index in [2.05, 4.69) is 34.0 Å². The van der Waals surface area contributed by atoms with Crippen molar-refractivity contribution in [3.05, 3.63) is 24.2 Å². The third-order valence-corrected chi connectivity index (χ3v) is 4.36. The van der Waals surface area contributed by atoms with Crippen LogP contribution in [0.25, 0.3) is 11.2 Å². The molecule has 0 unspecified atom stereocenters. The van der Waals surface area contributed by atoms with Crippen molar-refractivity contribution < 1.29 is 9.53 Å². The van der Waals surface area contributed by atoms with Crippen LogP contribution < -0.4 is 5.32 Å². The molecule has 124 valence electrons. The van der Waals surface area contributed by atoms with Crippen LogP contribution in [-0.4, -0.2) is 63.7 Å². The molecule has 3 rings (SSSR count). The van der Waals surface area contributed by atoms with Crippen molar-refractivity contribution in [1.29, 1.82) is 0 Å². The molecule has 1 saturated heterocycles. The maximum absolute atomic E-state index is 12.4. The first-order valence-corrected chi connectivity index (χ1v) is 7.85. The molecular formula is C16H23N5O2. The van der Waals surface area contributed by atoms with Crippen LogP contribution in [0.4, 0.5) is 0 Å². The van der Waals surface area contributed by atoms with Crippen LogP contribution in [0.15, 0.2) is 18.6 Å². The first kappa shape index (κ1) is 15.9. The molecule has 1 N–H and O–H groups in total. The van der Waals surface area contributed by atoms with Gasteiger partial charge in [0, 0.05) is 38.4 Å². The highest BCUT2D eigenvalue weighted by Gasteiger charge is 2.28. The Morgan fingerprint density at radius 3 is 2.83 bits per heavy atom. The molecule has 1 aliphatic rings. The first-order chi connectivity index (χ1) is 11.0. The lowest BCUT2D eigenvalue weighted by molar-refractivity contribution is -0.00923. The highest BCUT2D eigenvalue weighted by atomic mass is 16.5. The van der Waals surface area contributed by atoms with E-state index in [1.165, 1.54) is 0 Å². The number of carbonyl (C=O) groups is 1. The van der Waals surface area contributed by atoms with Crippen LogP contribution >= 0.6 is 0 Å². The van der Waals surface area contributed by atoms with Gasteiger partial charge in [-0.3, -0.25) is 9.69 Å². The van der Waals surface area contributed by atoms with Gasteiger partial charge in [0.2, 0.25) is 0 Å². The number of imidazole rings is 1. The van der Waals surface area contributed by atoms with Gasteiger partial charge < -0.3 is 14.6 Å². The number of rotatable bonds is 4. The molecule has 0 bridgehead atoms. The second-order valence-corrected chi connectivity index (χ2v) is 6.52. The van der Waals surface area contributed by atoms with E-state index in [0.29, 0.717) is 12.1 Å². The summed E-state index contributed by atoms with van der Waals surface area (Å²) in [4.78, 5) is 23.3. The number of nitrogens with one attached hydrogen (secondary N) is 1. The highest BCUT2D eigenvalue weighted by molar-refractivity contribution is 5.96. The van der Waals surface area contributed by atoms with Crippen molar-refractivity contribution in [2.75, 3.05) is 32.8 Å². The van der Waals surface area contributed by atoms with Crippen LogP contribution in [-0.2, 0) is 11.8 Å². The third-order valence-electron chi connectivity index (χ3n) is 4.36. The molecule has 7 nitrogen and oxygen atoms in total. The predicted octanol–water partition coefficient (Wildman–Crippen LogP) is 0.809. The molecule has 0 aromatic carbocycles. The zero-order valence-corrected chi connectivity index (χ0v) is 13.9. The third kappa shape index (κ3) is 3.35. The van der Waals surface area contributed by atoms with E-state index in [1.807, 2.05) is 11.6 Å². The average Bonchev–Trinajstić information content (AvgIpc) is 2.94. The minimum Gasteiger partial charge on any atom is -0.379 e. The minimum absolute atomic E-state index is 0.109. The van der Waals surface area contributed by atoms with Crippen LogP contribution in [0.3, 0.4) is 0 Å². The lowest BCUT2D eigenvalue weighted by Crippen LogP contribution is -2.55. The fraction of sp³-hybridized carbons (Fsp3) is 0.562. The van der Waals surface area contributed by atoms with Crippen LogP contribution in [0.2, 0.25) is 0 Å². The lowest BCUT2D eigenvalue weighted by atomic mass is 10.0. The van der Waals surface area contributed by atoms with Crippen molar-refractivity contribution in [3.8, 4) is 0 Å². The summed E-state index contributed by atoms with van der Waals surface area (Å²) in [5.74, 6) is -0.119. The van der Waals surface area contributed by atoms with Gasteiger partial charge in [-0.1, -0.05) is 0 Å². The number of aryl methyl sites for hydroxylation is 1. The molecule has 0 spiro atoms. The van der Waals surface area contributed by atoms with Gasteiger partial charge in [-0.2, -0.15) is 0 Å². The molecule has 2 aromatic rings. The smallest absolute Gasteiger partial charge is 0.252 e. The monoisotopic (exact) mass is 317 g/mol. The number of nitrogens with zero attached hydrogens (tertiary/aromatic N) is 4. The van der Waals surface area contributed by atoms with E-state index in [9.17, 15) is 4.79 Å². The summed E-state index contributed by atoms with van der Waals surface area (Å²) < 4.78 is 7.22. The maximum Gasteiger partial charge on any atom is 0.252 e. The number of pyridine rings is 1. The number of carbonyl (C=O) groups excluding carboxylic acids is 1.